The average molecular weight is 325 g/mol. The SMILES string of the molecule is c1ccc(COc2ccc(CCOCC3CCCNC3)cc2)cc1. The Morgan fingerprint density at radius 1 is 0.958 bits per heavy atom. The van der Waals surface area contributed by atoms with Gasteiger partial charge in [-0.25, -0.2) is 0 Å². The molecule has 0 aromatic heterocycles. The Bertz CT molecular complexity index is 577. The quantitative estimate of drug-likeness (QED) is 0.748. The second-order valence-corrected chi connectivity index (χ2v) is 6.46. The van der Waals surface area contributed by atoms with Gasteiger partial charge in [0.05, 0.1) is 13.2 Å². The summed E-state index contributed by atoms with van der Waals surface area (Å²) >= 11 is 0. The van der Waals surface area contributed by atoms with Crippen LogP contribution in [0.15, 0.2) is 54.6 Å². The largest absolute Gasteiger partial charge is 0.489 e. The number of hydrogen-bond donors (Lipinski definition) is 1. The van der Waals surface area contributed by atoms with Crippen LogP contribution in [-0.2, 0) is 17.8 Å². The molecule has 0 aliphatic carbocycles. The number of ether oxygens (including phenoxy) is 2. The summed E-state index contributed by atoms with van der Waals surface area (Å²) in [7, 11) is 0. The van der Waals surface area contributed by atoms with Crippen LogP contribution >= 0.6 is 0 Å². The van der Waals surface area contributed by atoms with Gasteiger partial charge in [0, 0.05) is 6.54 Å². The molecule has 2 aromatic rings. The van der Waals surface area contributed by atoms with Crippen molar-refractivity contribution in [1.29, 1.82) is 0 Å². The van der Waals surface area contributed by atoms with E-state index < -0.39 is 0 Å². The third kappa shape index (κ3) is 5.66. The van der Waals surface area contributed by atoms with Gasteiger partial charge in [-0.3, -0.25) is 0 Å². The molecular formula is C21H27NO2. The molecule has 3 heteroatoms. The fourth-order valence-corrected chi connectivity index (χ4v) is 3.00. The van der Waals surface area contributed by atoms with Gasteiger partial charge in [-0.05, 0) is 55.0 Å². The first kappa shape index (κ1) is 17.0. The summed E-state index contributed by atoms with van der Waals surface area (Å²) in [4.78, 5) is 0. The molecule has 0 amide bonds. The van der Waals surface area contributed by atoms with Crippen molar-refractivity contribution < 1.29 is 9.47 Å². The smallest absolute Gasteiger partial charge is 0.119 e. The molecule has 1 saturated heterocycles. The van der Waals surface area contributed by atoms with Crippen LogP contribution in [0.2, 0.25) is 0 Å². The van der Waals surface area contributed by atoms with E-state index in [1.807, 2.05) is 30.3 Å². The summed E-state index contributed by atoms with van der Waals surface area (Å²) in [6, 6.07) is 18.6. The van der Waals surface area contributed by atoms with Crippen LogP contribution in [0.3, 0.4) is 0 Å². The molecule has 0 bridgehead atoms. The van der Waals surface area contributed by atoms with Crippen molar-refractivity contribution in [2.45, 2.75) is 25.9 Å². The van der Waals surface area contributed by atoms with Gasteiger partial charge in [-0.1, -0.05) is 42.5 Å². The van der Waals surface area contributed by atoms with Crippen LogP contribution < -0.4 is 10.1 Å². The normalized spacial score (nSPS) is 17.6. The van der Waals surface area contributed by atoms with E-state index in [1.54, 1.807) is 0 Å². The summed E-state index contributed by atoms with van der Waals surface area (Å²) in [5.41, 5.74) is 2.48. The Morgan fingerprint density at radius 2 is 1.79 bits per heavy atom. The molecule has 24 heavy (non-hydrogen) atoms. The van der Waals surface area contributed by atoms with Crippen molar-refractivity contribution in [3.63, 3.8) is 0 Å². The van der Waals surface area contributed by atoms with Crippen molar-refractivity contribution in [3.05, 3.63) is 65.7 Å². The van der Waals surface area contributed by atoms with Gasteiger partial charge in [0.25, 0.3) is 0 Å². The first-order valence-corrected chi connectivity index (χ1v) is 8.94. The highest BCUT2D eigenvalue weighted by atomic mass is 16.5. The van der Waals surface area contributed by atoms with Crippen molar-refractivity contribution in [2.24, 2.45) is 5.92 Å². The molecule has 0 saturated carbocycles. The maximum Gasteiger partial charge on any atom is 0.119 e. The van der Waals surface area contributed by atoms with Gasteiger partial charge < -0.3 is 14.8 Å². The topological polar surface area (TPSA) is 30.5 Å². The van der Waals surface area contributed by atoms with Gasteiger partial charge in [0.15, 0.2) is 0 Å². The Morgan fingerprint density at radius 3 is 2.54 bits per heavy atom. The lowest BCUT2D eigenvalue weighted by atomic mass is 10.0. The van der Waals surface area contributed by atoms with E-state index >= 15 is 0 Å². The summed E-state index contributed by atoms with van der Waals surface area (Å²) in [5.74, 6) is 1.60. The summed E-state index contributed by atoms with van der Waals surface area (Å²) in [6.07, 6.45) is 3.53. The van der Waals surface area contributed by atoms with E-state index in [2.05, 4.69) is 29.6 Å². The van der Waals surface area contributed by atoms with Crippen molar-refractivity contribution >= 4 is 0 Å². The van der Waals surface area contributed by atoms with Crippen LogP contribution in [0.25, 0.3) is 0 Å². The Kier molecular flexibility index (Phi) is 6.70. The molecule has 1 atom stereocenters. The molecule has 0 radical (unpaired) electrons. The van der Waals surface area contributed by atoms with E-state index in [0.717, 1.165) is 38.5 Å². The zero-order chi connectivity index (χ0) is 16.5. The van der Waals surface area contributed by atoms with E-state index in [9.17, 15) is 0 Å². The maximum atomic E-state index is 5.84. The van der Waals surface area contributed by atoms with Crippen LogP contribution in [0.1, 0.15) is 24.0 Å². The van der Waals surface area contributed by atoms with Crippen LogP contribution in [0.5, 0.6) is 5.75 Å². The lowest BCUT2D eigenvalue weighted by Gasteiger charge is -2.22. The predicted octanol–water partition coefficient (Wildman–Crippen LogP) is 3.82. The van der Waals surface area contributed by atoms with E-state index in [4.69, 9.17) is 9.47 Å². The highest BCUT2D eigenvalue weighted by molar-refractivity contribution is 5.28. The van der Waals surface area contributed by atoms with Crippen LogP contribution in [-0.4, -0.2) is 26.3 Å². The Balaban J connectivity index is 1.35. The third-order valence-corrected chi connectivity index (χ3v) is 4.46. The predicted molar refractivity (Wildman–Crippen MR) is 97.3 cm³/mol. The summed E-state index contributed by atoms with van der Waals surface area (Å²) in [6.45, 7) is 4.55. The van der Waals surface area contributed by atoms with Gasteiger partial charge in [-0.2, -0.15) is 0 Å². The first-order valence-electron chi connectivity index (χ1n) is 8.94. The number of hydrogen-bond acceptors (Lipinski definition) is 3. The monoisotopic (exact) mass is 325 g/mol. The Hall–Kier alpha value is -1.84. The number of piperidine rings is 1. The zero-order valence-electron chi connectivity index (χ0n) is 14.2. The minimum Gasteiger partial charge on any atom is -0.489 e. The lowest BCUT2D eigenvalue weighted by molar-refractivity contribution is 0.0921. The number of nitrogens with one attached hydrogen (secondary N) is 1. The maximum absolute atomic E-state index is 5.84. The van der Waals surface area contributed by atoms with Crippen LogP contribution in [0.4, 0.5) is 0 Å². The van der Waals surface area contributed by atoms with Crippen molar-refractivity contribution in [1.82, 2.24) is 5.32 Å². The molecule has 1 aliphatic rings. The molecule has 1 N–H and O–H groups in total. The van der Waals surface area contributed by atoms with Gasteiger partial charge in [-0.15, -0.1) is 0 Å². The summed E-state index contributed by atoms with van der Waals surface area (Å²) in [5, 5.41) is 3.43. The first-order chi connectivity index (χ1) is 11.9. The number of rotatable bonds is 8. The molecule has 3 rings (SSSR count). The molecule has 2 aromatic carbocycles. The average Bonchev–Trinajstić information content (AvgIpc) is 2.66. The third-order valence-electron chi connectivity index (χ3n) is 4.46. The summed E-state index contributed by atoms with van der Waals surface area (Å²) < 4.78 is 11.7. The van der Waals surface area contributed by atoms with Crippen LogP contribution in [0, 0.1) is 5.92 Å². The van der Waals surface area contributed by atoms with Gasteiger partial charge in [0.2, 0.25) is 0 Å². The number of benzene rings is 2. The van der Waals surface area contributed by atoms with Gasteiger partial charge in [0.1, 0.15) is 12.4 Å². The van der Waals surface area contributed by atoms with Crippen molar-refractivity contribution in [2.75, 3.05) is 26.3 Å². The molecule has 1 unspecified atom stereocenters. The molecule has 3 nitrogen and oxygen atoms in total. The van der Waals surface area contributed by atoms with E-state index in [0.29, 0.717) is 12.5 Å². The molecule has 128 valence electrons. The van der Waals surface area contributed by atoms with Crippen molar-refractivity contribution in [3.8, 4) is 5.75 Å². The van der Waals surface area contributed by atoms with E-state index in [1.165, 1.54) is 24.0 Å². The Labute approximate surface area is 145 Å². The standard InChI is InChI=1S/C21H27NO2/c1-2-5-19(6-3-1)17-24-21-10-8-18(9-11-21)12-14-23-16-20-7-4-13-22-15-20/h1-3,5-6,8-11,20,22H,4,7,12-17H2. The zero-order valence-corrected chi connectivity index (χ0v) is 14.2. The fraction of sp³-hybridized carbons (Fsp3) is 0.429. The molecule has 1 fully saturated rings. The minimum atomic E-state index is 0.610. The highest BCUT2D eigenvalue weighted by Crippen LogP contribution is 2.15. The van der Waals surface area contributed by atoms with Gasteiger partial charge >= 0.3 is 0 Å². The molecule has 0 spiro atoms. The minimum absolute atomic E-state index is 0.610. The molecular weight excluding hydrogens is 298 g/mol. The lowest BCUT2D eigenvalue weighted by Crippen LogP contribution is -2.32. The molecule has 1 aliphatic heterocycles. The fourth-order valence-electron chi connectivity index (χ4n) is 3.00. The molecule has 1 heterocycles. The second-order valence-electron chi connectivity index (χ2n) is 6.46. The highest BCUT2D eigenvalue weighted by Gasteiger charge is 2.12. The van der Waals surface area contributed by atoms with E-state index in [-0.39, 0.29) is 0 Å². The second kappa shape index (κ2) is 9.45.